The number of aromatic nitrogens is 4. The van der Waals surface area contributed by atoms with Crippen molar-refractivity contribution >= 4 is 17.2 Å². The van der Waals surface area contributed by atoms with Crippen LogP contribution in [0.4, 0.5) is 10.1 Å². The third kappa shape index (κ3) is 6.41. The summed E-state index contributed by atoms with van der Waals surface area (Å²) in [5.41, 5.74) is 3.84. The summed E-state index contributed by atoms with van der Waals surface area (Å²) >= 11 is 0. The van der Waals surface area contributed by atoms with Crippen molar-refractivity contribution in [3.63, 3.8) is 0 Å². The van der Waals surface area contributed by atoms with Gasteiger partial charge in [-0.3, -0.25) is 19.6 Å². The molecule has 0 bridgehead atoms. The highest BCUT2D eigenvalue weighted by molar-refractivity contribution is 5.98. The standard InChI is InChI=1S/C36H45FN8O3/c1-24-18-42(30(17-39-24)20-41-12-13-48-22-25(41)2)21-32(46)43-23-36(3,4)33-31(43)15-28(14-26-7-9-29(37)10-8-26)34-40-44(35(47)45(33)34)19-27-6-5-11-38-16-27/h5-11,15-16,24-25,30,39H,12-14,17-23H2,1-4H3/t24-,25-,30-/m1/s1. The average Bonchev–Trinajstić information content (AvgIpc) is 3.53. The van der Waals surface area contributed by atoms with Crippen LogP contribution >= 0.6 is 0 Å². The Morgan fingerprint density at radius 2 is 1.94 bits per heavy atom. The Balaban J connectivity index is 1.25. The van der Waals surface area contributed by atoms with Gasteiger partial charge in [0, 0.05) is 80.6 Å². The van der Waals surface area contributed by atoms with Crippen LogP contribution in [-0.2, 0) is 27.9 Å². The Hall–Kier alpha value is -3.97. The zero-order valence-corrected chi connectivity index (χ0v) is 28.2. The van der Waals surface area contributed by atoms with Crippen molar-refractivity contribution < 1.29 is 13.9 Å². The average molecular weight is 657 g/mol. The second-order valence-corrected chi connectivity index (χ2v) is 14.3. The SMILES string of the molecule is C[C@@H]1CN(CC(=O)N2CC(C)(C)c3c2cc(Cc2ccc(F)cc2)c2nn(Cc4cccnc4)c(=O)n32)[C@@H](CN2CCOC[C@H]2C)CN1. The number of hydrogen-bond donors (Lipinski definition) is 1. The van der Waals surface area contributed by atoms with Gasteiger partial charge in [0.05, 0.1) is 37.7 Å². The molecule has 3 atom stereocenters. The van der Waals surface area contributed by atoms with E-state index in [4.69, 9.17) is 9.84 Å². The molecule has 4 aromatic rings. The molecule has 0 unspecified atom stereocenters. The molecule has 254 valence electrons. The Labute approximate surface area is 280 Å². The van der Waals surface area contributed by atoms with Gasteiger partial charge in [0.2, 0.25) is 5.91 Å². The minimum atomic E-state index is -0.511. The molecular weight excluding hydrogens is 611 g/mol. The fourth-order valence-electron chi connectivity index (χ4n) is 7.55. The molecule has 7 rings (SSSR count). The van der Waals surface area contributed by atoms with Crippen molar-refractivity contribution in [3.05, 3.63) is 93.5 Å². The van der Waals surface area contributed by atoms with Gasteiger partial charge in [-0.25, -0.2) is 18.3 Å². The van der Waals surface area contributed by atoms with Gasteiger partial charge in [0.25, 0.3) is 0 Å². The summed E-state index contributed by atoms with van der Waals surface area (Å²) in [6.07, 6.45) is 3.86. The van der Waals surface area contributed by atoms with Crippen LogP contribution in [0, 0.1) is 5.82 Å². The molecule has 3 aromatic heterocycles. The molecule has 1 N–H and O–H groups in total. The van der Waals surface area contributed by atoms with Crippen LogP contribution in [0.2, 0.25) is 0 Å². The Morgan fingerprint density at radius 3 is 2.69 bits per heavy atom. The van der Waals surface area contributed by atoms with Crippen LogP contribution in [0.5, 0.6) is 0 Å². The van der Waals surface area contributed by atoms with Gasteiger partial charge in [0.1, 0.15) is 5.82 Å². The van der Waals surface area contributed by atoms with E-state index in [1.165, 1.54) is 16.8 Å². The molecule has 0 spiro atoms. The van der Waals surface area contributed by atoms with Crippen LogP contribution in [0.15, 0.2) is 59.7 Å². The minimum Gasteiger partial charge on any atom is -0.379 e. The van der Waals surface area contributed by atoms with Crippen molar-refractivity contribution in [3.8, 4) is 0 Å². The number of carbonyl (C=O) groups excluding carboxylic acids is 1. The highest BCUT2D eigenvalue weighted by Crippen LogP contribution is 2.42. The first kappa shape index (κ1) is 32.6. The van der Waals surface area contributed by atoms with Crippen LogP contribution < -0.4 is 15.9 Å². The predicted octanol–water partition coefficient (Wildman–Crippen LogP) is 2.68. The molecule has 3 aliphatic heterocycles. The predicted molar refractivity (Wildman–Crippen MR) is 182 cm³/mol. The lowest BCUT2D eigenvalue weighted by Gasteiger charge is -2.43. The maximum atomic E-state index is 14.4. The lowest BCUT2D eigenvalue weighted by Crippen LogP contribution is -2.62. The van der Waals surface area contributed by atoms with E-state index >= 15 is 0 Å². The number of piperazine rings is 1. The molecule has 2 fully saturated rings. The summed E-state index contributed by atoms with van der Waals surface area (Å²) in [4.78, 5) is 39.5. The lowest BCUT2D eigenvalue weighted by atomic mass is 9.90. The molecule has 0 saturated carbocycles. The number of pyridine rings is 2. The number of nitrogens with zero attached hydrogens (tertiary/aromatic N) is 7. The summed E-state index contributed by atoms with van der Waals surface area (Å²) < 4.78 is 22.7. The number of anilines is 1. The number of halogens is 1. The van der Waals surface area contributed by atoms with E-state index in [1.807, 2.05) is 23.1 Å². The van der Waals surface area contributed by atoms with Gasteiger partial charge in [0.15, 0.2) is 5.65 Å². The van der Waals surface area contributed by atoms with Crippen molar-refractivity contribution in [1.82, 2.24) is 34.3 Å². The van der Waals surface area contributed by atoms with E-state index in [2.05, 4.69) is 47.8 Å². The summed E-state index contributed by atoms with van der Waals surface area (Å²) in [6, 6.07) is 12.9. The van der Waals surface area contributed by atoms with Crippen LogP contribution in [-0.4, -0.2) is 105 Å². The summed E-state index contributed by atoms with van der Waals surface area (Å²) in [5, 5.41) is 8.46. The number of rotatable bonds is 8. The monoisotopic (exact) mass is 656 g/mol. The number of amides is 1. The summed E-state index contributed by atoms with van der Waals surface area (Å²) in [5.74, 6) is -0.296. The fourth-order valence-corrected chi connectivity index (χ4v) is 7.55. The van der Waals surface area contributed by atoms with E-state index in [-0.39, 0.29) is 42.6 Å². The molecule has 12 heteroatoms. The molecular formula is C36H45FN8O3. The summed E-state index contributed by atoms with van der Waals surface area (Å²) in [7, 11) is 0. The van der Waals surface area contributed by atoms with Crippen LogP contribution in [0.1, 0.15) is 50.1 Å². The lowest BCUT2D eigenvalue weighted by molar-refractivity contribution is -0.121. The molecule has 1 aromatic carbocycles. The van der Waals surface area contributed by atoms with Crippen molar-refractivity contribution in [2.75, 3.05) is 57.4 Å². The zero-order chi connectivity index (χ0) is 33.6. The molecule has 11 nitrogen and oxygen atoms in total. The maximum absolute atomic E-state index is 14.4. The number of nitrogens with one attached hydrogen (secondary N) is 1. The number of benzene rings is 1. The minimum absolute atomic E-state index is 0.0128. The first-order chi connectivity index (χ1) is 23.1. The molecule has 3 aliphatic rings. The van der Waals surface area contributed by atoms with E-state index in [0.717, 1.165) is 67.5 Å². The van der Waals surface area contributed by atoms with E-state index in [9.17, 15) is 14.0 Å². The normalized spacial score (nSPS) is 23.1. The maximum Gasteiger partial charge on any atom is 0.350 e. The smallest absolute Gasteiger partial charge is 0.350 e. The van der Waals surface area contributed by atoms with Crippen molar-refractivity contribution in [2.45, 2.75) is 64.2 Å². The van der Waals surface area contributed by atoms with Crippen LogP contribution in [0.25, 0.3) is 5.65 Å². The van der Waals surface area contributed by atoms with E-state index in [1.54, 1.807) is 28.9 Å². The first-order valence-electron chi connectivity index (χ1n) is 17.0. The van der Waals surface area contributed by atoms with Gasteiger partial charge in [-0.1, -0.05) is 32.0 Å². The van der Waals surface area contributed by atoms with Gasteiger partial charge < -0.3 is 15.0 Å². The Kier molecular flexibility index (Phi) is 8.92. The van der Waals surface area contributed by atoms with Gasteiger partial charge in [-0.2, -0.15) is 0 Å². The fraction of sp³-hybridized carbons (Fsp3) is 0.500. The van der Waals surface area contributed by atoms with Crippen molar-refractivity contribution in [1.29, 1.82) is 0 Å². The quantitative estimate of drug-likeness (QED) is 0.309. The number of ether oxygens (including phenoxy) is 1. The number of fused-ring (bicyclic) bond motifs is 3. The number of hydrogen-bond acceptors (Lipinski definition) is 8. The Bertz CT molecular complexity index is 1840. The van der Waals surface area contributed by atoms with E-state index in [0.29, 0.717) is 24.7 Å². The highest BCUT2D eigenvalue weighted by atomic mass is 19.1. The first-order valence-corrected chi connectivity index (χ1v) is 17.0. The molecule has 1 amide bonds. The topological polar surface area (TPSA) is 100 Å². The van der Waals surface area contributed by atoms with Crippen molar-refractivity contribution in [2.24, 2.45) is 0 Å². The van der Waals surface area contributed by atoms with Gasteiger partial charge >= 0.3 is 5.69 Å². The summed E-state index contributed by atoms with van der Waals surface area (Å²) in [6.45, 7) is 14.3. The molecule has 48 heavy (non-hydrogen) atoms. The number of carbonyl (C=O) groups is 1. The number of morpholine rings is 1. The molecule has 0 radical (unpaired) electrons. The third-order valence-corrected chi connectivity index (χ3v) is 10.1. The molecule has 0 aliphatic carbocycles. The second-order valence-electron chi connectivity index (χ2n) is 14.3. The molecule has 2 saturated heterocycles. The van der Waals surface area contributed by atoms with Crippen LogP contribution in [0.3, 0.4) is 0 Å². The second kappa shape index (κ2) is 13.1. The largest absolute Gasteiger partial charge is 0.379 e. The zero-order valence-electron chi connectivity index (χ0n) is 28.2. The third-order valence-electron chi connectivity index (χ3n) is 10.1. The molecule has 6 heterocycles. The van der Waals surface area contributed by atoms with E-state index < -0.39 is 5.41 Å². The van der Waals surface area contributed by atoms with Gasteiger partial charge in [-0.15, -0.1) is 5.10 Å². The van der Waals surface area contributed by atoms with Gasteiger partial charge in [-0.05, 0) is 49.2 Å². The Morgan fingerprint density at radius 1 is 1.12 bits per heavy atom. The highest BCUT2D eigenvalue weighted by Gasteiger charge is 2.43.